The standard InChI is InChI=1S/C21H36N4O2.HI/c1-16-9-12-25(13-10-16)17(2)15-24-21(22-3)23-11-8-18-6-7-19(26-4)20(14-18)27-5;/h6-7,14,16-17H,8-13,15H2,1-5H3,(H2,22,23,24);1H. The van der Waals surface area contributed by atoms with Gasteiger partial charge >= 0.3 is 0 Å². The molecule has 7 heteroatoms. The van der Waals surface area contributed by atoms with E-state index in [0.717, 1.165) is 42.9 Å². The van der Waals surface area contributed by atoms with Crippen LogP contribution in [-0.4, -0.2) is 64.3 Å². The topological polar surface area (TPSA) is 58.1 Å². The van der Waals surface area contributed by atoms with Crippen molar-refractivity contribution in [3.05, 3.63) is 23.8 Å². The zero-order valence-corrected chi connectivity index (χ0v) is 20.3. The molecular formula is C21H37IN4O2. The lowest BCUT2D eigenvalue weighted by atomic mass is 9.98. The molecule has 1 aromatic carbocycles. The highest BCUT2D eigenvalue weighted by Gasteiger charge is 2.20. The second-order valence-electron chi connectivity index (χ2n) is 7.39. The highest BCUT2D eigenvalue weighted by atomic mass is 127. The van der Waals surface area contributed by atoms with Crippen molar-refractivity contribution < 1.29 is 9.47 Å². The van der Waals surface area contributed by atoms with Crippen molar-refractivity contribution in [3.8, 4) is 11.5 Å². The van der Waals surface area contributed by atoms with Gasteiger partial charge in [-0.3, -0.25) is 9.89 Å². The molecule has 2 rings (SSSR count). The molecule has 0 bridgehead atoms. The summed E-state index contributed by atoms with van der Waals surface area (Å²) in [4.78, 5) is 6.91. The molecule has 1 heterocycles. The van der Waals surface area contributed by atoms with Gasteiger partial charge in [0.15, 0.2) is 17.5 Å². The third-order valence-corrected chi connectivity index (χ3v) is 5.38. The van der Waals surface area contributed by atoms with E-state index >= 15 is 0 Å². The van der Waals surface area contributed by atoms with E-state index < -0.39 is 0 Å². The minimum atomic E-state index is 0. The molecule has 1 saturated heterocycles. The van der Waals surface area contributed by atoms with Gasteiger partial charge in [-0.15, -0.1) is 24.0 Å². The number of halogens is 1. The van der Waals surface area contributed by atoms with Gasteiger partial charge in [0, 0.05) is 26.2 Å². The molecule has 0 aliphatic carbocycles. The van der Waals surface area contributed by atoms with Gasteiger partial charge in [0.1, 0.15) is 0 Å². The Morgan fingerprint density at radius 3 is 2.46 bits per heavy atom. The van der Waals surface area contributed by atoms with Gasteiger partial charge in [-0.25, -0.2) is 0 Å². The maximum atomic E-state index is 5.37. The number of piperidine rings is 1. The number of ether oxygens (including phenoxy) is 2. The summed E-state index contributed by atoms with van der Waals surface area (Å²) in [7, 11) is 5.13. The molecule has 1 aliphatic heterocycles. The van der Waals surface area contributed by atoms with Crippen LogP contribution < -0.4 is 20.1 Å². The molecular weight excluding hydrogens is 467 g/mol. The van der Waals surface area contributed by atoms with Crippen molar-refractivity contribution in [1.29, 1.82) is 0 Å². The number of nitrogens with one attached hydrogen (secondary N) is 2. The number of aliphatic imine (C=N–C) groups is 1. The van der Waals surface area contributed by atoms with Crippen LogP contribution in [0.15, 0.2) is 23.2 Å². The summed E-state index contributed by atoms with van der Waals surface area (Å²) in [5, 5.41) is 6.85. The molecule has 2 N–H and O–H groups in total. The summed E-state index contributed by atoms with van der Waals surface area (Å²) >= 11 is 0. The van der Waals surface area contributed by atoms with Crippen molar-refractivity contribution >= 4 is 29.9 Å². The fourth-order valence-electron chi connectivity index (χ4n) is 3.42. The lowest BCUT2D eigenvalue weighted by Crippen LogP contribution is -2.48. The molecule has 1 fully saturated rings. The lowest BCUT2D eigenvalue weighted by molar-refractivity contribution is 0.147. The van der Waals surface area contributed by atoms with Crippen LogP contribution in [0.3, 0.4) is 0 Å². The maximum Gasteiger partial charge on any atom is 0.191 e. The second-order valence-corrected chi connectivity index (χ2v) is 7.39. The third-order valence-electron chi connectivity index (χ3n) is 5.38. The molecule has 1 unspecified atom stereocenters. The van der Waals surface area contributed by atoms with Crippen molar-refractivity contribution in [2.75, 3.05) is 47.4 Å². The predicted molar refractivity (Wildman–Crippen MR) is 127 cm³/mol. The number of hydrogen-bond donors (Lipinski definition) is 2. The lowest BCUT2D eigenvalue weighted by Gasteiger charge is -2.35. The van der Waals surface area contributed by atoms with Gasteiger partial charge in [0.25, 0.3) is 0 Å². The summed E-state index contributed by atoms with van der Waals surface area (Å²) in [6.45, 7) is 8.77. The Kier molecular flexibility index (Phi) is 11.6. The molecule has 0 radical (unpaired) electrons. The Balaban J connectivity index is 0.00000392. The van der Waals surface area contributed by atoms with Gasteiger partial charge in [-0.05, 0) is 62.9 Å². The summed E-state index contributed by atoms with van der Waals surface area (Å²) in [5.41, 5.74) is 1.20. The van der Waals surface area contributed by atoms with Crippen LogP contribution in [0.1, 0.15) is 32.3 Å². The predicted octanol–water partition coefficient (Wildman–Crippen LogP) is 3.15. The number of rotatable bonds is 8. The van der Waals surface area contributed by atoms with Gasteiger partial charge in [0.05, 0.1) is 14.2 Å². The molecule has 1 aliphatic rings. The highest BCUT2D eigenvalue weighted by molar-refractivity contribution is 14.0. The molecule has 0 saturated carbocycles. The fraction of sp³-hybridized carbons (Fsp3) is 0.667. The van der Waals surface area contributed by atoms with Crippen LogP contribution in [0.25, 0.3) is 0 Å². The number of nitrogens with zero attached hydrogens (tertiary/aromatic N) is 2. The van der Waals surface area contributed by atoms with Crippen molar-refractivity contribution in [3.63, 3.8) is 0 Å². The van der Waals surface area contributed by atoms with Crippen LogP contribution in [0.4, 0.5) is 0 Å². The summed E-state index contributed by atoms with van der Waals surface area (Å²) < 4.78 is 10.7. The smallest absolute Gasteiger partial charge is 0.191 e. The van der Waals surface area contributed by atoms with Crippen molar-refractivity contribution in [2.45, 2.75) is 39.2 Å². The van der Waals surface area contributed by atoms with E-state index in [-0.39, 0.29) is 24.0 Å². The molecule has 0 spiro atoms. The van der Waals surface area contributed by atoms with Crippen LogP contribution in [0.2, 0.25) is 0 Å². The maximum absolute atomic E-state index is 5.37. The Hall–Kier alpha value is -1.22. The zero-order chi connectivity index (χ0) is 19.6. The SMILES string of the molecule is CN=C(NCCc1ccc(OC)c(OC)c1)NCC(C)N1CCC(C)CC1.I. The second kappa shape index (κ2) is 13.1. The van der Waals surface area contributed by atoms with Crippen LogP contribution >= 0.6 is 24.0 Å². The molecule has 160 valence electrons. The summed E-state index contributed by atoms with van der Waals surface area (Å²) in [5.74, 6) is 3.25. The number of hydrogen-bond acceptors (Lipinski definition) is 4. The Bertz CT molecular complexity index is 604. The first-order valence-corrected chi connectivity index (χ1v) is 9.96. The van der Waals surface area contributed by atoms with Gasteiger partial charge in [-0.2, -0.15) is 0 Å². The number of guanidine groups is 1. The van der Waals surface area contributed by atoms with E-state index in [9.17, 15) is 0 Å². The summed E-state index contributed by atoms with van der Waals surface area (Å²) in [6, 6.07) is 6.55. The first-order chi connectivity index (χ1) is 13.1. The van der Waals surface area contributed by atoms with E-state index in [0.29, 0.717) is 6.04 Å². The average Bonchev–Trinajstić information content (AvgIpc) is 2.70. The Labute approximate surface area is 187 Å². The minimum absolute atomic E-state index is 0. The molecule has 0 aromatic heterocycles. The highest BCUT2D eigenvalue weighted by Crippen LogP contribution is 2.27. The number of benzene rings is 1. The first kappa shape index (κ1) is 24.8. The molecule has 6 nitrogen and oxygen atoms in total. The monoisotopic (exact) mass is 504 g/mol. The molecule has 28 heavy (non-hydrogen) atoms. The minimum Gasteiger partial charge on any atom is -0.493 e. The van der Waals surface area contributed by atoms with Crippen molar-refractivity contribution in [1.82, 2.24) is 15.5 Å². The third kappa shape index (κ3) is 7.66. The van der Waals surface area contributed by atoms with E-state index in [4.69, 9.17) is 9.47 Å². The Morgan fingerprint density at radius 1 is 1.18 bits per heavy atom. The van der Waals surface area contributed by atoms with Crippen LogP contribution in [0.5, 0.6) is 11.5 Å². The normalized spacial score (nSPS) is 16.8. The fourth-order valence-corrected chi connectivity index (χ4v) is 3.42. The number of methoxy groups -OCH3 is 2. The molecule has 1 aromatic rings. The van der Waals surface area contributed by atoms with Crippen molar-refractivity contribution in [2.24, 2.45) is 10.9 Å². The van der Waals surface area contributed by atoms with Gasteiger partial charge in [0.2, 0.25) is 0 Å². The van der Waals surface area contributed by atoms with Gasteiger partial charge in [-0.1, -0.05) is 13.0 Å². The molecule has 0 amide bonds. The Morgan fingerprint density at radius 2 is 1.86 bits per heavy atom. The van der Waals surface area contributed by atoms with E-state index in [2.05, 4.69) is 40.4 Å². The van der Waals surface area contributed by atoms with E-state index in [1.807, 2.05) is 19.2 Å². The van der Waals surface area contributed by atoms with Crippen LogP contribution in [0, 0.1) is 5.92 Å². The van der Waals surface area contributed by atoms with E-state index in [1.54, 1.807) is 14.2 Å². The quantitative estimate of drug-likeness (QED) is 0.324. The van der Waals surface area contributed by atoms with E-state index in [1.165, 1.54) is 31.5 Å². The largest absolute Gasteiger partial charge is 0.493 e. The first-order valence-electron chi connectivity index (χ1n) is 9.96. The van der Waals surface area contributed by atoms with Crippen LogP contribution in [-0.2, 0) is 6.42 Å². The zero-order valence-electron chi connectivity index (χ0n) is 18.0. The summed E-state index contributed by atoms with van der Waals surface area (Å²) in [6.07, 6.45) is 3.51. The average molecular weight is 504 g/mol. The number of likely N-dealkylation sites (tertiary alicyclic amines) is 1. The molecule has 1 atom stereocenters. The van der Waals surface area contributed by atoms with Gasteiger partial charge < -0.3 is 20.1 Å².